The molecule has 1 nitrogen and oxygen atoms in total. The van der Waals surface area contributed by atoms with E-state index >= 15 is 0 Å². The van der Waals surface area contributed by atoms with Crippen molar-refractivity contribution in [3.8, 4) is 11.8 Å². The molecule has 1 aromatic carbocycles. The highest BCUT2D eigenvalue weighted by Crippen LogP contribution is 2.59. The summed E-state index contributed by atoms with van der Waals surface area (Å²) in [6.07, 6.45) is 14.7. The maximum absolute atomic E-state index is 3.55. The second-order valence-corrected chi connectivity index (χ2v) is 10.0. The third-order valence-corrected chi connectivity index (χ3v) is 8.13. The van der Waals surface area contributed by atoms with E-state index in [-0.39, 0.29) is 0 Å². The van der Waals surface area contributed by atoms with Crippen LogP contribution in [-0.4, -0.2) is 13.1 Å². The molecule has 5 aliphatic carbocycles. The van der Waals surface area contributed by atoms with E-state index in [2.05, 4.69) is 41.4 Å². The summed E-state index contributed by atoms with van der Waals surface area (Å²) < 4.78 is 0. The van der Waals surface area contributed by atoms with Crippen LogP contribution in [0.4, 0.5) is 0 Å². The summed E-state index contributed by atoms with van der Waals surface area (Å²) in [5.74, 6) is 12.5. The van der Waals surface area contributed by atoms with Crippen LogP contribution in [-0.2, 0) is 0 Å². The maximum atomic E-state index is 3.55. The van der Waals surface area contributed by atoms with Gasteiger partial charge in [0, 0.05) is 5.56 Å². The van der Waals surface area contributed by atoms with Gasteiger partial charge in [0.25, 0.3) is 0 Å². The van der Waals surface area contributed by atoms with Gasteiger partial charge in [-0.2, -0.15) is 0 Å². The SMILES string of the molecule is C(#Cc1ccc(C2C3CC4CC(C3)CC2C4)cc1)CNCC1CCCCC1. The van der Waals surface area contributed by atoms with Crippen molar-refractivity contribution >= 4 is 0 Å². The number of nitrogens with one attached hydrogen (secondary N) is 1. The summed E-state index contributed by atoms with van der Waals surface area (Å²) in [6, 6.07) is 9.34. The van der Waals surface area contributed by atoms with Gasteiger partial charge in [0.15, 0.2) is 0 Å². The monoisotopic (exact) mass is 361 g/mol. The molecule has 1 aromatic rings. The molecular weight excluding hydrogens is 326 g/mol. The average molecular weight is 362 g/mol. The minimum Gasteiger partial charge on any atom is -0.306 e. The van der Waals surface area contributed by atoms with Gasteiger partial charge in [-0.15, -0.1) is 0 Å². The Morgan fingerprint density at radius 3 is 2.15 bits per heavy atom. The first-order valence-corrected chi connectivity index (χ1v) is 11.6. The van der Waals surface area contributed by atoms with Gasteiger partial charge in [0.2, 0.25) is 0 Å². The van der Waals surface area contributed by atoms with Crippen LogP contribution in [0.15, 0.2) is 24.3 Å². The van der Waals surface area contributed by atoms with E-state index in [0.717, 1.165) is 48.6 Å². The first kappa shape index (κ1) is 17.8. The lowest BCUT2D eigenvalue weighted by molar-refractivity contribution is -0.00277. The van der Waals surface area contributed by atoms with Crippen LogP contribution in [0.2, 0.25) is 0 Å². The zero-order chi connectivity index (χ0) is 18.1. The van der Waals surface area contributed by atoms with E-state index in [1.54, 1.807) is 12.0 Å². The van der Waals surface area contributed by atoms with Gasteiger partial charge < -0.3 is 5.32 Å². The van der Waals surface area contributed by atoms with Gasteiger partial charge >= 0.3 is 0 Å². The van der Waals surface area contributed by atoms with Crippen LogP contribution < -0.4 is 5.32 Å². The van der Waals surface area contributed by atoms with Crippen molar-refractivity contribution in [2.24, 2.45) is 29.6 Å². The molecule has 0 radical (unpaired) electrons. The summed E-state index contributed by atoms with van der Waals surface area (Å²) in [4.78, 5) is 0. The molecule has 6 rings (SSSR count). The highest BCUT2D eigenvalue weighted by atomic mass is 14.8. The minimum absolute atomic E-state index is 0.827. The smallest absolute Gasteiger partial charge is 0.0580 e. The lowest BCUT2D eigenvalue weighted by Crippen LogP contribution is -2.43. The van der Waals surface area contributed by atoms with E-state index in [4.69, 9.17) is 0 Å². The summed E-state index contributed by atoms with van der Waals surface area (Å²) in [5, 5.41) is 3.55. The summed E-state index contributed by atoms with van der Waals surface area (Å²) >= 11 is 0. The van der Waals surface area contributed by atoms with Crippen molar-refractivity contribution < 1.29 is 0 Å². The Hall–Kier alpha value is -1.26. The van der Waals surface area contributed by atoms with Gasteiger partial charge in [-0.3, -0.25) is 0 Å². The van der Waals surface area contributed by atoms with Gasteiger partial charge in [-0.25, -0.2) is 0 Å². The topological polar surface area (TPSA) is 12.0 Å². The largest absolute Gasteiger partial charge is 0.306 e. The first-order valence-electron chi connectivity index (χ1n) is 11.6. The molecule has 0 amide bonds. The second kappa shape index (κ2) is 8.00. The standard InChI is InChI=1S/C26H35N/c1-2-5-20(6-3-1)18-27-12-4-7-19-8-10-23(11-9-19)26-24-14-21-13-22(16-24)17-25(26)15-21/h8-11,20-22,24-27H,1-3,5-6,12-18H2. The lowest BCUT2D eigenvalue weighted by atomic mass is 9.51. The molecule has 0 aromatic heterocycles. The Morgan fingerprint density at radius 2 is 1.48 bits per heavy atom. The summed E-state index contributed by atoms with van der Waals surface area (Å²) in [6.45, 7) is 1.98. The Bertz CT molecular complexity index is 657. The van der Waals surface area contributed by atoms with Crippen LogP contribution in [0, 0.1) is 41.4 Å². The van der Waals surface area contributed by atoms with Gasteiger partial charge in [-0.1, -0.05) is 43.2 Å². The Balaban J connectivity index is 1.14. The number of hydrogen-bond acceptors (Lipinski definition) is 1. The van der Waals surface area contributed by atoms with E-state index in [1.807, 2.05) is 0 Å². The van der Waals surface area contributed by atoms with Crippen LogP contribution in [0.1, 0.15) is 81.3 Å². The van der Waals surface area contributed by atoms with Crippen molar-refractivity contribution in [2.75, 3.05) is 13.1 Å². The van der Waals surface area contributed by atoms with Crippen molar-refractivity contribution in [3.05, 3.63) is 35.4 Å². The number of hydrogen-bond donors (Lipinski definition) is 1. The fourth-order valence-corrected chi connectivity index (χ4v) is 7.13. The molecule has 27 heavy (non-hydrogen) atoms. The third-order valence-electron chi connectivity index (χ3n) is 8.13. The third kappa shape index (κ3) is 3.97. The van der Waals surface area contributed by atoms with Crippen molar-refractivity contribution in [1.82, 2.24) is 5.32 Å². The Labute approximate surface area is 165 Å². The zero-order valence-corrected chi connectivity index (χ0v) is 16.8. The van der Waals surface area contributed by atoms with Crippen LogP contribution in [0.5, 0.6) is 0 Å². The van der Waals surface area contributed by atoms with E-state index in [0.29, 0.717) is 0 Å². The highest BCUT2D eigenvalue weighted by Gasteiger charge is 2.48. The van der Waals surface area contributed by atoms with Crippen molar-refractivity contribution in [3.63, 3.8) is 0 Å². The van der Waals surface area contributed by atoms with Gasteiger partial charge in [-0.05, 0) is 105 Å². The van der Waals surface area contributed by atoms with Crippen molar-refractivity contribution in [2.45, 2.75) is 70.1 Å². The normalized spacial score (nSPS) is 35.0. The zero-order valence-electron chi connectivity index (χ0n) is 16.8. The molecule has 0 atom stereocenters. The summed E-state index contributed by atoms with van der Waals surface area (Å²) in [5.41, 5.74) is 2.78. The maximum Gasteiger partial charge on any atom is 0.0580 e. The average Bonchev–Trinajstić information content (AvgIpc) is 2.69. The van der Waals surface area contributed by atoms with E-state index in [1.165, 1.54) is 63.4 Å². The van der Waals surface area contributed by atoms with E-state index in [9.17, 15) is 0 Å². The van der Waals surface area contributed by atoms with Crippen LogP contribution >= 0.6 is 0 Å². The lowest BCUT2D eigenvalue weighted by Gasteiger charge is -2.54. The predicted octanol–water partition coefficient (Wildman–Crippen LogP) is 5.75. The predicted molar refractivity (Wildman–Crippen MR) is 113 cm³/mol. The Kier molecular flexibility index (Phi) is 5.28. The minimum atomic E-state index is 0.827. The molecule has 4 bridgehead atoms. The molecule has 0 heterocycles. The Morgan fingerprint density at radius 1 is 0.815 bits per heavy atom. The summed E-state index contributed by atoms with van der Waals surface area (Å²) in [7, 11) is 0. The van der Waals surface area contributed by atoms with Gasteiger partial charge in [0.05, 0.1) is 6.54 Å². The fraction of sp³-hybridized carbons (Fsp3) is 0.692. The van der Waals surface area contributed by atoms with Crippen LogP contribution in [0.25, 0.3) is 0 Å². The van der Waals surface area contributed by atoms with Crippen LogP contribution in [0.3, 0.4) is 0 Å². The molecular formula is C26H35N. The van der Waals surface area contributed by atoms with E-state index < -0.39 is 0 Å². The second-order valence-electron chi connectivity index (χ2n) is 10.0. The molecule has 5 fully saturated rings. The molecule has 0 saturated heterocycles. The molecule has 0 unspecified atom stereocenters. The number of benzene rings is 1. The molecule has 0 spiro atoms. The molecule has 5 saturated carbocycles. The highest BCUT2D eigenvalue weighted by molar-refractivity contribution is 5.38. The molecule has 0 aliphatic heterocycles. The molecule has 1 heteroatoms. The first-order chi connectivity index (χ1) is 13.3. The molecule has 1 N–H and O–H groups in total. The quantitative estimate of drug-likeness (QED) is 0.532. The molecule has 5 aliphatic rings. The van der Waals surface area contributed by atoms with Gasteiger partial charge in [0.1, 0.15) is 0 Å². The number of rotatable bonds is 4. The fourth-order valence-electron chi connectivity index (χ4n) is 7.13. The van der Waals surface area contributed by atoms with Crippen molar-refractivity contribution in [1.29, 1.82) is 0 Å². The molecule has 144 valence electrons.